The van der Waals surface area contributed by atoms with Crippen LogP contribution in [0.4, 0.5) is 11.4 Å². The highest BCUT2D eigenvalue weighted by Crippen LogP contribution is 2.41. The van der Waals surface area contributed by atoms with Gasteiger partial charge in [-0.25, -0.2) is 15.4 Å². The maximum atomic E-state index is 11.9. The van der Waals surface area contributed by atoms with E-state index in [9.17, 15) is 4.79 Å². The van der Waals surface area contributed by atoms with Gasteiger partial charge < -0.3 is 9.73 Å². The summed E-state index contributed by atoms with van der Waals surface area (Å²) in [5, 5.41) is 5.77. The van der Waals surface area contributed by atoms with Crippen LogP contribution >= 0.6 is 11.6 Å². The summed E-state index contributed by atoms with van der Waals surface area (Å²) in [4.78, 5) is 15.8. The van der Waals surface area contributed by atoms with Gasteiger partial charge in [0, 0.05) is 12.1 Å². The van der Waals surface area contributed by atoms with Crippen LogP contribution in [0.5, 0.6) is 0 Å². The third-order valence-electron chi connectivity index (χ3n) is 5.29. The highest BCUT2D eigenvalue weighted by atomic mass is 35.5. The molecule has 1 saturated carbocycles. The quantitative estimate of drug-likeness (QED) is 0.544. The van der Waals surface area contributed by atoms with E-state index in [0.29, 0.717) is 6.54 Å². The number of nitrogens with one attached hydrogen (secondary N) is 2. The number of quaternary nitrogens is 1. The molecule has 1 amide bonds. The summed E-state index contributed by atoms with van der Waals surface area (Å²) < 4.78 is 4.99. The fourth-order valence-corrected chi connectivity index (χ4v) is 3.83. The van der Waals surface area contributed by atoms with Gasteiger partial charge in [0.1, 0.15) is 17.6 Å². The van der Waals surface area contributed by atoms with E-state index in [1.807, 2.05) is 29.8 Å². The Kier molecular flexibility index (Phi) is 4.61. The van der Waals surface area contributed by atoms with Gasteiger partial charge in [-0.15, -0.1) is 5.53 Å². The summed E-state index contributed by atoms with van der Waals surface area (Å²) in [6.07, 6.45) is 5.45. The van der Waals surface area contributed by atoms with Crippen molar-refractivity contribution in [3.63, 3.8) is 0 Å². The van der Waals surface area contributed by atoms with Crippen LogP contribution in [-0.4, -0.2) is 17.4 Å². The minimum atomic E-state index is -0.334. The van der Waals surface area contributed by atoms with Gasteiger partial charge in [-0.05, 0) is 36.0 Å². The van der Waals surface area contributed by atoms with E-state index < -0.39 is 0 Å². The molecule has 1 aliphatic carbocycles. The number of benzene rings is 2. The minimum Gasteiger partial charge on any atom is -0.441 e. The third kappa shape index (κ3) is 3.66. The predicted octanol–water partition coefficient (Wildman–Crippen LogP) is 2.96. The molecular formula is C21H21ClN5O2+. The molecule has 0 atom stereocenters. The van der Waals surface area contributed by atoms with E-state index >= 15 is 0 Å². The van der Waals surface area contributed by atoms with Crippen molar-refractivity contribution in [2.24, 2.45) is 5.92 Å². The lowest BCUT2D eigenvalue weighted by molar-refractivity contribution is -0.631. The molecule has 0 bridgehead atoms. The Morgan fingerprint density at radius 2 is 2.10 bits per heavy atom. The summed E-state index contributed by atoms with van der Waals surface area (Å²) in [5.41, 5.74) is 10.4. The molecule has 0 saturated heterocycles. The molecule has 2 heterocycles. The van der Waals surface area contributed by atoms with Gasteiger partial charge in [0.2, 0.25) is 0 Å². The number of carbonyl (C=O) groups is 1. The van der Waals surface area contributed by atoms with Crippen LogP contribution in [-0.2, 0) is 6.54 Å². The molecule has 5 rings (SSSR count). The van der Waals surface area contributed by atoms with Crippen LogP contribution in [0.2, 0.25) is 5.02 Å². The molecule has 1 fully saturated rings. The van der Waals surface area contributed by atoms with Crippen molar-refractivity contribution in [1.82, 2.24) is 10.3 Å². The number of carbonyl (C=O) groups excluding carboxylic acids is 1. The molecule has 29 heavy (non-hydrogen) atoms. The number of fused-ring (bicyclic) bond motifs is 1. The first-order chi connectivity index (χ1) is 14.2. The van der Waals surface area contributed by atoms with Crippen molar-refractivity contribution >= 4 is 28.9 Å². The van der Waals surface area contributed by atoms with E-state index in [0.717, 1.165) is 45.6 Å². The molecule has 1 aliphatic heterocycles. The summed E-state index contributed by atoms with van der Waals surface area (Å²) in [5.74, 6) is 0.527. The number of anilines is 2. The number of rotatable bonds is 6. The second kappa shape index (κ2) is 7.42. The van der Waals surface area contributed by atoms with Crippen LogP contribution in [0.3, 0.4) is 0 Å². The van der Waals surface area contributed by atoms with E-state index in [1.54, 1.807) is 0 Å². The Morgan fingerprint density at radius 1 is 1.28 bits per heavy atom. The Bertz CT molecular complexity index is 1030. The number of nitrogens with zero attached hydrogens (tertiary/aromatic N) is 2. The van der Waals surface area contributed by atoms with Crippen molar-refractivity contribution in [2.75, 3.05) is 17.0 Å². The third-order valence-corrected chi connectivity index (χ3v) is 5.68. The Hall–Kier alpha value is -3.03. The van der Waals surface area contributed by atoms with Gasteiger partial charge >= 0.3 is 5.91 Å². The smallest absolute Gasteiger partial charge is 0.307 e. The number of hydrogen-bond acceptors (Lipinski definition) is 5. The number of aromatic nitrogens is 1. The monoisotopic (exact) mass is 410 g/mol. The topological polar surface area (TPSA) is 87.0 Å². The molecule has 2 aromatic carbocycles. The summed E-state index contributed by atoms with van der Waals surface area (Å²) >= 11 is 6.72. The number of oxazole rings is 1. The van der Waals surface area contributed by atoms with Gasteiger partial charge in [-0.2, -0.15) is 0 Å². The van der Waals surface area contributed by atoms with Crippen LogP contribution < -0.4 is 21.3 Å². The van der Waals surface area contributed by atoms with Crippen molar-refractivity contribution in [2.45, 2.75) is 19.4 Å². The first kappa shape index (κ1) is 18.0. The van der Waals surface area contributed by atoms with E-state index in [1.165, 1.54) is 25.3 Å². The number of amides is 1. The molecule has 0 radical (unpaired) electrons. The van der Waals surface area contributed by atoms with Gasteiger partial charge in [-0.1, -0.05) is 41.9 Å². The molecule has 0 spiro atoms. The van der Waals surface area contributed by atoms with E-state index in [2.05, 4.69) is 32.9 Å². The van der Waals surface area contributed by atoms with Gasteiger partial charge in [0.15, 0.2) is 0 Å². The highest BCUT2D eigenvalue weighted by molar-refractivity contribution is 6.36. The van der Waals surface area contributed by atoms with Crippen LogP contribution in [0.1, 0.15) is 29.1 Å². The lowest BCUT2D eigenvalue weighted by atomic mass is 10.0. The summed E-state index contributed by atoms with van der Waals surface area (Å²) in [7, 11) is 0. The average Bonchev–Trinajstić information content (AvgIpc) is 3.22. The molecule has 8 heteroatoms. The molecule has 3 aromatic rings. The molecule has 0 unspecified atom stereocenters. The van der Waals surface area contributed by atoms with Gasteiger partial charge in [0.05, 0.1) is 17.8 Å². The summed E-state index contributed by atoms with van der Waals surface area (Å²) in [6, 6.07) is 12.2. The second-order valence-corrected chi connectivity index (χ2v) is 7.79. The maximum Gasteiger partial charge on any atom is 0.307 e. The number of hydrogen-bond donors (Lipinski definition) is 3. The number of nitrogens with two attached hydrogens (primary N) is 1. The highest BCUT2D eigenvalue weighted by Gasteiger charge is 2.32. The SMILES string of the molecule is O=C(NCc1ccc(-c2ccc3c(c2Cl)N[NH2+]N3CC2CC2)cc1)c1ncco1. The lowest BCUT2D eigenvalue weighted by Crippen LogP contribution is -2.95. The van der Waals surface area contributed by atoms with Crippen LogP contribution in [0, 0.1) is 5.92 Å². The minimum absolute atomic E-state index is 0.0616. The first-order valence-corrected chi connectivity index (χ1v) is 10.0. The zero-order chi connectivity index (χ0) is 19.8. The zero-order valence-electron chi connectivity index (χ0n) is 15.7. The Balaban J connectivity index is 1.29. The fourth-order valence-electron chi connectivity index (χ4n) is 3.50. The molecule has 4 N–H and O–H groups in total. The normalized spacial score (nSPS) is 15.1. The van der Waals surface area contributed by atoms with E-state index in [4.69, 9.17) is 16.0 Å². The van der Waals surface area contributed by atoms with Crippen molar-refractivity contribution in [3.05, 3.63) is 65.3 Å². The van der Waals surface area contributed by atoms with Crippen LogP contribution in [0.25, 0.3) is 11.1 Å². The molecule has 2 aliphatic rings. The second-order valence-electron chi connectivity index (χ2n) is 7.41. The Labute approximate surface area is 173 Å². The summed E-state index contributed by atoms with van der Waals surface area (Å²) in [6.45, 7) is 1.44. The molecule has 148 valence electrons. The molecule has 1 aromatic heterocycles. The van der Waals surface area contributed by atoms with E-state index in [-0.39, 0.29) is 11.8 Å². The molecular weight excluding hydrogens is 390 g/mol. The zero-order valence-corrected chi connectivity index (χ0v) is 16.4. The largest absolute Gasteiger partial charge is 0.441 e. The van der Waals surface area contributed by atoms with Gasteiger partial charge in [-0.3, -0.25) is 4.79 Å². The van der Waals surface area contributed by atoms with Crippen molar-refractivity contribution in [3.8, 4) is 11.1 Å². The molecule has 7 nitrogen and oxygen atoms in total. The fraction of sp³-hybridized carbons (Fsp3) is 0.238. The first-order valence-electron chi connectivity index (χ1n) is 9.65. The van der Waals surface area contributed by atoms with Crippen LogP contribution in [0.15, 0.2) is 53.3 Å². The van der Waals surface area contributed by atoms with Crippen molar-refractivity contribution < 1.29 is 14.7 Å². The predicted molar refractivity (Wildman–Crippen MR) is 110 cm³/mol. The van der Waals surface area contributed by atoms with Gasteiger partial charge in [0.25, 0.3) is 5.89 Å². The Morgan fingerprint density at radius 3 is 2.83 bits per heavy atom. The number of nitrogen functional groups attached to an aromatic ring is 1. The maximum absolute atomic E-state index is 11.9. The average molecular weight is 411 g/mol. The lowest BCUT2D eigenvalue weighted by Gasteiger charge is -2.13. The number of halogens is 1. The standard InChI is InChI=1S/C21H20ClN5O2/c22-18-16(7-8-17-19(18)25-26-27(17)12-14-1-2-14)15-5-3-13(4-6-15)11-24-20(28)21-23-9-10-29-21/h3-10,14,25-26H,1-2,11-12H2,(H,24,28)/p+1. The van der Waals surface area contributed by atoms with Crippen molar-refractivity contribution in [1.29, 1.82) is 0 Å².